The Labute approximate surface area is 109 Å². The first-order chi connectivity index (χ1) is 8.74. The summed E-state index contributed by atoms with van der Waals surface area (Å²) in [6.45, 7) is 4.50. The zero-order valence-electron chi connectivity index (χ0n) is 11.2. The molecule has 2 nitrogen and oxygen atoms in total. The lowest BCUT2D eigenvalue weighted by molar-refractivity contribution is 0.308. The summed E-state index contributed by atoms with van der Waals surface area (Å²) >= 11 is 0. The van der Waals surface area contributed by atoms with Crippen molar-refractivity contribution in [2.24, 2.45) is 5.92 Å². The van der Waals surface area contributed by atoms with Crippen molar-refractivity contribution in [2.75, 3.05) is 33.2 Å². The van der Waals surface area contributed by atoms with E-state index in [0.29, 0.717) is 0 Å². The maximum Gasteiger partial charge on any atom is 0.123 e. The van der Waals surface area contributed by atoms with Crippen molar-refractivity contribution in [3.8, 4) is 0 Å². The first-order valence-electron chi connectivity index (χ1n) is 6.88. The van der Waals surface area contributed by atoms with Gasteiger partial charge in [0.1, 0.15) is 5.82 Å². The highest BCUT2D eigenvalue weighted by Crippen LogP contribution is 2.12. The average Bonchev–Trinajstić information content (AvgIpc) is 2.87. The number of hydrogen-bond donors (Lipinski definition) is 1. The molecular weight excluding hydrogens is 227 g/mol. The quantitative estimate of drug-likeness (QED) is 0.833. The van der Waals surface area contributed by atoms with Crippen LogP contribution in [-0.2, 0) is 6.42 Å². The van der Waals surface area contributed by atoms with Crippen LogP contribution in [0, 0.1) is 11.7 Å². The van der Waals surface area contributed by atoms with Gasteiger partial charge in [-0.15, -0.1) is 0 Å². The van der Waals surface area contributed by atoms with Crippen molar-refractivity contribution in [3.05, 3.63) is 35.6 Å². The molecule has 1 atom stereocenters. The van der Waals surface area contributed by atoms with Crippen LogP contribution in [0.3, 0.4) is 0 Å². The Morgan fingerprint density at radius 3 is 3.00 bits per heavy atom. The fourth-order valence-electron chi connectivity index (χ4n) is 2.49. The van der Waals surface area contributed by atoms with Crippen LogP contribution in [0.2, 0.25) is 0 Å². The number of hydrogen-bond acceptors (Lipinski definition) is 2. The lowest BCUT2D eigenvalue weighted by Crippen LogP contribution is -2.24. The minimum absolute atomic E-state index is 0.132. The van der Waals surface area contributed by atoms with Gasteiger partial charge >= 0.3 is 0 Å². The average molecular weight is 250 g/mol. The van der Waals surface area contributed by atoms with Crippen molar-refractivity contribution >= 4 is 0 Å². The van der Waals surface area contributed by atoms with Crippen LogP contribution in [0.5, 0.6) is 0 Å². The van der Waals surface area contributed by atoms with Gasteiger partial charge in [0.05, 0.1) is 0 Å². The summed E-state index contributed by atoms with van der Waals surface area (Å²) in [6.07, 6.45) is 3.52. The Bertz CT molecular complexity index is 361. The van der Waals surface area contributed by atoms with E-state index in [2.05, 4.69) is 17.3 Å². The molecule has 1 N–H and O–H groups in total. The van der Waals surface area contributed by atoms with E-state index < -0.39 is 0 Å². The summed E-state index contributed by atoms with van der Waals surface area (Å²) in [5.41, 5.74) is 1.09. The van der Waals surface area contributed by atoms with Gasteiger partial charge in [-0.2, -0.15) is 0 Å². The van der Waals surface area contributed by atoms with Gasteiger partial charge in [0.15, 0.2) is 0 Å². The summed E-state index contributed by atoms with van der Waals surface area (Å²) in [7, 11) is 2.15. The van der Waals surface area contributed by atoms with E-state index in [9.17, 15) is 4.39 Å². The molecule has 0 bridgehead atoms. The second-order valence-electron chi connectivity index (χ2n) is 5.33. The molecule has 1 saturated heterocycles. The molecule has 0 amide bonds. The zero-order chi connectivity index (χ0) is 12.8. The minimum Gasteiger partial charge on any atom is -0.316 e. The van der Waals surface area contributed by atoms with Crippen molar-refractivity contribution in [2.45, 2.75) is 19.3 Å². The zero-order valence-corrected chi connectivity index (χ0v) is 11.2. The van der Waals surface area contributed by atoms with Crippen LogP contribution >= 0.6 is 0 Å². The van der Waals surface area contributed by atoms with Crippen molar-refractivity contribution in [3.63, 3.8) is 0 Å². The molecule has 3 heteroatoms. The van der Waals surface area contributed by atoms with Crippen LogP contribution in [0.25, 0.3) is 0 Å². The van der Waals surface area contributed by atoms with Gasteiger partial charge in [0.2, 0.25) is 0 Å². The van der Waals surface area contributed by atoms with Crippen LogP contribution in [0.1, 0.15) is 18.4 Å². The summed E-state index contributed by atoms with van der Waals surface area (Å²) in [5, 5.41) is 3.40. The number of halogens is 1. The Hall–Kier alpha value is -0.930. The second kappa shape index (κ2) is 6.86. The molecule has 0 saturated carbocycles. The molecule has 1 aliphatic rings. The number of nitrogens with zero attached hydrogens (tertiary/aromatic N) is 1. The molecule has 1 unspecified atom stereocenters. The predicted molar refractivity (Wildman–Crippen MR) is 73.2 cm³/mol. The third-order valence-electron chi connectivity index (χ3n) is 3.75. The van der Waals surface area contributed by atoms with E-state index in [0.717, 1.165) is 31.0 Å². The summed E-state index contributed by atoms with van der Waals surface area (Å²) in [5.74, 6) is 0.716. The van der Waals surface area contributed by atoms with E-state index in [1.165, 1.54) is 32.0 Å². The molecule has 0 aliphatic carbocycles. The molecule has 1 heterocycles. The Balaban J connectivity index is 1.66. The standard InChI is InChI=1S/C15H23FN2/c1-18(10-7-14-5-8-17-12-14)9-6-13-3-2-4-15(16)11-13/h2-4,11,14,17H,5-10,12H2,1H3. The van der Waals surface area contributed by atoms with Crippen LogP contribution in [0.4, 0.5) is 4.39 Å². The molecule has 1 aromatic rings. The van der Waals surface area contributed by atoms with Crippen molar-refractivity contribution in [1.82, 2.24) is 10.2 Å². The summed E-state index contributed by atoms with van der Waals surface area (Å²) in [4.78, 5) is 2.35. The first kappa shape index (κ1) is 13.5. The van der Waals surface area contributed by atoms with Crippen molar-refractivity contribution < 1.29 is 4.39 Å². The van der Waals surface area contributed by atoms with Gasteiger partial charge in [-0.3, -0.25) is 0 Å². The first-order valence-corrected chi connectivity index (χ1v) is 6.88. The number of rotatable bonds is 6. The molecule has 0 spiro atoms. The van der Waals surface area contributed by atoms with Crippen LogP contribution < -0.4 is 5.32 Å². The molecule has 0 radical (unpaired) electrons. The molecule has 1 fully saturated rings. The fourth-order valence-corrected chi connectivity index (χ4v) is 2.49. The van der Waals surface area contributed by atoms with E-state index in [1.807, 2.05) is 6.07 Å². The summed E-state index contributed by atoms with van der Waals surface area (Å²) < 4.78 is 13.0. The molecule has 18 heavy (non-hydrogen) atoms. The van der Waals surface area contributed by atoms with E-state index in [-0.39, 0.29) is 5.82 Å². The predicted octanol–water partition coefficient (Wildman–Crippen LogP) is 2.30. The largest absolute Gasteiger partial charge is 0.316 e. The number of benzene rings is 1. The number of likely N-dealkylation sites (N-methyl/N-ethyl adjacent to an activating group) is 1. The second-order valence-corrected chi connectivity index (χ2v) is 5.33. The normalized spacial score (nSPS) is 19.6. The van der Waals surface area contributed by atoms with Crippen LogP contribution in [0.15, 0.2) is 24.3 Å². The molecular formula is C15H23FN2. The van der Waals surface area contributed by atoms with E-state index >= 15 is 0 Å². The molecule has 0 aromatic heterocycles. The molecule has 2 rings (SSSR count). The Morgan fingerprint density at radius 1 is 1.39 bits per heavy atom. The highest BCUT2D eigenvalue weighted by molar-refractivity contribution is 5.16. The molecule has 1 aliphatic heterocycles. The highest BCUT2D eigenvalue weighted by Gasteiger charge is 2.14. The maximum atomic E-state index is 13.0. The SMILES string of the molecule is CN(CCc1cccc(F)c1)CCC1CCNC1. The Morgan fingerprint density at radius 2 is 2.28 bits per heavy atom. The molecule has 100 valence electrons. The third-order valence-corrected chi connectivity index (χ3v) is 3.75. The number of nitrogens with one attached hydrogen (secondary N) is 1. The van der Waals surface area contributed by atoms with Gasteiger partial charge in [0.25, 0.3) is 0 Å². The van der Waals surface area contributed by atoms with Gasteiger partial charge in [-0.25, -0.2) is 4.39 Å². The smallest absolute Gasteiger partial charge is 0.123 e. The lowest BCUT2D eigenvalue weighted by Gasteiger charge is -2.18. The van der Waals surface area contributed by atoms with Gasteiger partial charge < -0.3 is 10.2 Å². The topological polar surface area (TPSA) is 15.3 Å². The summed E-state index contributed by atoms with van der Waals surface area (Å²) in [6, 6.07) is 6.92. The fraction of sp³-hybridized carbons (Fsp3) is 0.600. The molecule has 1 aromatic carbocycles. The van der Waals surface area contributed by atoms with Gasteiger partial charge in [-0.05, 0) is 69.6 Å². The van der Waals surface area contributed by atoms with Gasteiger partial charge in [-0.1, -0.05) is 12.1 Å². The maximum absolute atomic E-state index is 13.0. The highest BCUT2D eigenvalue weighted by atomic mass is 19.1. The van der Waals surface area contributed by atoms with Crippen LogP contribution in [-0.4, -0.2) is 38.1 Å². The van der Waals surface area contributed by atoms with Gasteiger partial charge in [0, 0.05) is 6.54 Å². The minimum atomic E-state index is -0.132. The monoisotopic (exact) mass is 250 g/mol. The third kappa shape index (κ3) is 4.39. The lowest BCUT2D eigenvalue weighted by atomic mass is 10.0. The van der Waals surface area contributed by atoms with Crippen molar-refractivity contribution in [1.29, 1.82) is 0 Å². The van der Waals surface area contributed by atoms with E-state index in [4.69, 9.17) is 0 Å². The Kier molecular flexibility index (Phi) is 5.14. The van der Waals surface area contributed by atoms with E-state index in [1.54, 1.807) is 12.1 Å².